The molecule has 0 saturated carbocycles. The van der Waals surface area contributed by atoms with Gasteiger partial charge in [-0.25, -0.2) is 0 Å². The minimum absolute atomic E-state index is 0.826. The van der Waals surface area contributed by atoms with Crippen LogP contribution in [0.2, 0.25) is 5.02 Å². The maximum absolute atomic E-state index is 5.84. The van der Waals surface area contributed by atoms with E-state index in [0.717, 1.165) is 11.4 Å². The second kappa shape index (κ2) is 2.92. The Kier molecular flexibility index (Phi) is 1.93. The van der Waals surface area contributed by atoms with Crippen molar-refractivity contribution in [3.8, 4) is 0 Å². The van der Waals surface area contributed by atoms with Crippen LogP contribution in [0.5, 0.6) is 0 Å². The van der Waals surface area contributed by atoms with Gasteiger partial charge in [0.1, 0.15) is 0 Å². The Morgan fingerprint density at radius 3 is 3.18 bits per heavy atom. The van der Waals surface area contributed by atoms with Gasteiger partial charge in [0.2, 0.25) is 0 Å². The van der Waals surface area contributed by atoms with Crippen LogP contribution in [0.4, 0.5) is 0 Å². The zero-order chi connectivity index (χ0) is 7.68. The third kappa shape index (κ3) is 1.44. The van der Waals surface area contributed by atoms with Crippen LogP contribution in [-0.2, 0) is 6.42 Å². The number of hydrogen-bond acceptors (Lipinski definition) is 1. The summed E-state index contributed by atoms with van der Waals surface area (Å²) in [5, 5.41) is 2.94. The van der Waals surface area contributed by atoms with Gasteiger partial charge in [0.25, 0.3) is 0 Å². The van der Waals surface area contributed by atoms with Gasteiger partial charge in [-0.3, -0.25) is 0 Å². The fourth-order valence-corrected chi connectivity index (χ4v) is 2.18. The van der Waals surface area contributed by atoms with Crippen LogP contribution in [0.25, 0.3) is 0 Å². The first-order valence-electron chi connectivity index (χ1n) is 3.46. The Balaban J connectivity index is 2.48. The highest BCUT2D eigenvalue weighted by Crippen LogP contribution is 2.30. The minimum Gasteiger partial charge on any atom is -0.0980 e. The van der Waals surface area contributed by atoms with Crippen molar-refractivity contribution in [3.05, 3.63) is 40.3 Å². The number of rotatable bonds is 0. The second-order valence-corrected chi connectivity index (χ2v) is 3.83. The molecule has 1 aliphatic rings. The third-order valence-electron chi connectivity index (χ3n) is 1.66. The molecule has 0 unspecified atom stereocenters. The van der Waals surface area contributed by atoms with E-state index in [4.69, 9.17) is 11.6 Å². The fraction of sp³-hybridized carbons (Fsp3) is 0.111. The normalized spacial score (nSPS) is 14.6. The zero-order valence-electron chi connectivity index (χ0n) is 5.88. The molecule has 0 N–H and O–H groups in total. The van der Waals surface area contributed by atoms with Gasteiger partial charge in [-0.15, -0.1) is 0 Å². The summed E-state index contributed by atoms with van der Waals surface area (Å²) in [7, 11) is 0. The van der Waals surface area contributed by atoms with Crippen molar-refractivity contribution in [2.75, 3.05) is 0 Å². The topological polar surface area (TPSA) is 0 Å². The highest BCUT2D eigenvalue weighted by Gasteiger charge is 2.04. The standard InChI is InChI=1S/C9H7ClS/c10-8-4-3-7-2-1-5-11-9(7)6-8/h1,3-6H,2H2. The van der Waals surface area contributed by atoms with Crippen molar-refractivity contribution < 1.29 is 0 Å². The summed E-state index contributed by atoms with van der Waals surface area (Å²) >= 11 is 7.58. The predicted octanol–water partition coefficient (Wildman–Crippen LogP) is 3.50. The Bertz CT molecular complexity index is 304. The summed E-state index contributed by atoms with van der Waals surface area (Å²) in [4.78, 5) is 1.29. The molecular weight excluding hydrogens is 176 g/mol. The number of thioether (sulfide) groups is 1. The lowest BCUT2D eigenvalue weighted by Crippen LogP contribution is -1.88. The lowest BCUT2D eigenvalue weighted by atomic mass is 10.1. The Morgan fingerprint density at radius 1 is 1.36 bits per heavy atom. The van der Waals surface area contributed by atoms with E-state index in [0.29, 0.717) is 0 Å². The van der Waals surface area contributed by atoms with Gasteiger partial charge in [-0.2, -0.15) is 0 Å². The quantitative estimate of drug-likeness (QED) is 0.592. The highest BCUT2D eigenvalue weighted by atomic mass is 35.5. The molecule has 0 spiro atoms. The van der Waals surface area contributed by atoms with E-state index in [1.165, 1.54) is 10.5 Å². The Labute approximate surface area is 75.3 Å². The first-order chi connectivity index (χ1) is 5.36. The molecule has 1 heterocycles. The van der Waals surface area contributed by atoms with Crippen LogP contribution in [0.3, 0.4) is 0 Å². The lowest BCUT2D eigenvalue weighted by molar-refractivity contribution is 1.17. The zero-order valence-corrected chi connectivity index (χ0v) is 7.45. The van der Waals surface area contributed by atoms with Crippen LogP contribution in [0.1, 0.15) is 5.56 Å². The summed E-state index contributed by atoms with van der Waals surface area (Å²) < 4.78 is 0. The lowest BCUT2D eigenvalue weighted by Gasteiger charge is -2.09. The number of hydrogen-bond donors (Lipinski definition) is 0. The van der Waals surface area contributed by atoms with Crippen LogP contribution < -0.4 is 0 Å². The SMILES string of the molecule is Clc1ccc2c(c1)SC=CC2. The molecule has 0 nitrogen and oxygen atoms in total. The van der Waals surface area contributed by atoms with Crippen molar-refractivity contribution >= 4 is 23.4 Å². The van der Waals surface area contributed by atoms with Gasteiger partial charge in [-0.1, -0.05) is 35.5 Å². The molecule has 0 bridgehead atoms. The van der Waals surface area contributed by atoms with E-state index in [-0.39, 0.29) is 0 Å². The Hall–Kier alpha value is -0.400. The largest absolute Gasteiger partial charge is 0.0980 e. The van der Waals surface area contributed by atoms with E-state index in [1.54, 1.807) is 11.8 Å². The first-order valence-corrected chi connectivity index (χ1v) is 4.72. The predicted molar refractivity (Wildman–Crippen MR) is 50.2 cm³/mol. The molecule has 2 rings (SSSR count). The van der Waals surface area contributed by atoms with Crippen molar-refractivity contribution in [1.29, 1.82) is 0 Å². The number of benzene rings is 1. The molecule has 0 radical (unpaired) electrons. The fourth-order valence-electron chi connectivity index (χ4n) is 1.10. The summed E-state index contributed by atoms with van der Waals surface area (Å²) in [6.45, 7) is 0. The molecule has 0 fully saturated rings. The molecule has 0 atom stereocenters. The molecule has 2 heteroatoms. The van der Waals surface area contributed by atoms with Crippen LogP contribution in [0.15, 0.2) is 34.6 Å². The average molecular weight is 183 g/mol. The molecule has 1 aliphatic heterocycles. The third-order valence-corrected chi connectivity index (χ3v) is 2.86. The maximum Gasteiger partial charge on any atom is 0.0417 e. The van der Waals surface area contributed by atoms with Gasteiger partial charge < -0.3 is 0 Å². The van der Waals surface area contributed by atoms with E-state index >= 15 is 0 Å². The summed E-state index contributed by atoms with van der Waals surface area (Å²) in [6, 6.07) is 6.05. The van der Waals surface area contributed by atoms with Crippen LogP contribution in [-0.4, -0.2) is 0 Å². The maximum atomic E-state index is 5.84. The van der Waals surface area contributed by atoms with Gasteiger partial charge >= 0.3 is 0 Å². The van der Waals surface area contributed by atoms with E-state index in [1.807, 2.05) is 12.1 Å². The summed E-state index contributed by atoms with van der Waals surface area (Å²) in [5.74, 6) is 0. The van der Waals surface area contributed by atoms with Gasteiger partial charge in [0.05, 0.1) is 0 Å². The number of fused-ring (bicyclic) bond motifs is 1. The van der Waals surface area contributed by atoms with Crippen molar-refractivity contribution in [3.63, 3.8) is 0 Å². The summed E-state index contributed by atoms with van der Waals surface area (Å²) in [6.07, 6.45) is 3.21. The van der Waals surface area contributed by atoms with E-state index < -0.39 is 0 Å². The van der Waals surface area contributed by atoms with Gasteiger partial charge in [0, 0.05) is 9.92 Å². The molecular formula is C9H7ClS. The second-order valence-electron chi connectivity index (χ2n) is 2.45. The molecule has 11 heavy (non-hydrogen) atoms. The van der Waals surface area contributed by atoms with E-state index in [2.05, 4.69) is 17.6 Å². The van der Waals surface area contributed by atoms with Gasteiger partial charge in [-0.05, 0) is 29.5 Å². The molecule has 1 aromatic carbocycles. The average Bonchev–Trinajstić information content (AvgIpc) is 2.04. The van der Waals surface area contributed by atoms with E-state index in [9.17, 15) is 0 Å². The van der Waals surface area contributed by atoms with Crippen molar-refractivity contribution in [2.45, 2.75) is 11.3 Å². The molecule has 0 aromatic heterocycles. The highest BCUT2D eigenvalue weighted by molar-refractivity contribution is 8.02. The number of allylic oxidation sites excluding steroid dienone is 1. The van der Waals surface area contributed by atoms with Gasteiger partial charge in [0.15, 0.2) is 0 Å². The summed E-state index contributed by atoms with van der Waals surface area (Å²) in [5.41, 5.74) is 1.38. The molecule has 56 valence electrons. The Morgan fingerprint density at radius 2 is 2.27 bits per heavy atom. The molecule has 0 aliphatic carbocycles. The van der Waals surface area contributed by atoms with Crippen LogP contribution >= 0.6 is 23.4 Å². The van der Waals surface area contributed by atoms with Crippen molar-refractivity contribution in [1.82, 2.24) is 0 Å². The molecule has 1 aromatic rings. The first kappa shape index (κ1) is 7.26. The smallest absolute Gasteiger partial charge is 0.0417 e. The number of halogens is 1. The monoisotopic (exact) mass is 182 g/mol. The minimum atomic E-state index is 0.826. The van der Waals surface area contributed by atoms with Crippen molar-refractivity contribution in [2.24, 2.45) is 0 Å². The van der Waals surface area contributed by atoms with Crippen LogP contribution in [0, 0.1) is 0 Å². The molecule has 0 saturated heterocycles. The molecule has 0 amide bonds.